The van der Waals surface area contributed by atoms with Gasteiger partial charge in [0.25, 0.3) is 0 Å². The first-order chi connectivity index (χ1) is 9.32. The molecular formula is C13H17NO5S. The number of benzene rings is 1. The number of hydrogen-bond donors (Lipinski definition) is 2. The van der Waals surface area contributed by atoms with Gasteiger partial charge in [-0.2, -0.15) is 0 Å². The predicted octanol–water partition coefficient (Wildman–Crippen LogP) is 0.730. The molecule has 110 valence electrons. The molecule has 1 heterocycles. The van der Waals surface area contributed by atoms with Crippen LogP contribution in [0.2, 0.25) is 0 Å². The van der Waals surface area contributed by atoms with E-state index in [1.165, 1.54) is 0 Å². The molecule has 20 heavy (non-hydrogen) atoms. The predicted molar refractivity (Wildman–Crippen MR) is 74.3 cm³/mol. The van der Waals surface area contributed by atoms with E-state index in [4.69, 9.17) is 9.94 Å². The molecule has 2 rings (SSSR count). The van der Waals surface area contributed by atoms with Gasteiger partial charge in [0.2, 0.25) is 0 Å². The van der Waals surface area contributed by atoms with Gasteiger partial charge in [0.05, 0.1) is 17.2 Å². The molecule has 0 amide bonds. The normalized spacial score (nSPS) is 25.6. The fraction of sp³-hybridized carbons (Fsp3) is 0.462. The molecular weight excluding hydrogens is 282 g/mol. The topological polar surface area (TPSA) is 96.2 Å². The number of aliphatic hydroxyl groups is 1. The smallest absolute Gasteiger partial charge is 0.156 e. The molecule has 1 fully saturated rings. The van der Waals surface area contributed by atoms with Crippen LogP contribution in [0, 0.1) is 6.92 Å². The maximum atomic E-state index is 11.5. The molecule has 2 N–H and O–H groups in total. The van der Waals surface area contributed by atoms with Crippen molar-refractivity contribution in [2.24, 2.45) is 5.16 Å². The van der Waals surface area contributed by atoms with Gasteiger partial charge in [0, 0.05) is 5.56 Å². The van der Waals surface area contributed by atoms with E-state index in [0.29, 0.717) is 17.0 Å². The summed E-state index contributed by atoms with van der Waals surface area (Å²) in [6, 6.07) is 5.26. The van der Waals surface area contributed by atoms with Gasteiger partial charge in [-0.1, -0.05) is 16.8 Å². The summed E-state index contributed by atoms with van der Waals surface area (Å²) < 4.78 is 28.5. The Hall–Kier alpha value is -1.60. The molecule has 0 saturated carbocycles. The number of ether oxygens (including phenoxy) is 1. The summed E-state index contributed by atoms with van der Waals surface area (Å²) in [6.07, 6.45) is -1.84. The number of rotatable bonds is 3. The highest BCUT2D eigenvalue weighted by Gasteiger charge is 2.38. The van der Waals surface area contributed by atoms with E-state index in [1.54, 1.807) is 25.1 Å². The van der Waals surface area contributed by atoms with Crippen LogP contribution in [-0.2, 0) is 9.84 Å². The first-order valence-electron chi connectivity index (χ1n) is 6.17. The van der Waals surface area contributed by atoms with Gasteiger partial charge in [0.15, 0.2) is 9.84 Å². The zero-order chi connectivity index (χ0) is 14.9. The Morgan fingerprint density at radius 3 is 2.65 bits per heavy atom. The van der Waals surface area contributed by atoms with Crippen molar-refractivity contribution in [3.8, 4) is 5.75 Å². The van der Waals surface area contributed by atoms with E-state index in [0.717, 1.165) is 5.56 Å². The lowest BCUT2D eigenvalue weighted by Gasteiger charge is -2.18. The Kier molecular flexibility index (Phi) is 4.01. The number of hydrogen-bond acceptors (Lipinski definition) is 6. The average molecular weight is 299 g/mol. The van der Waals surface area contributed by atoms with Crippen molar-refractivity contribution < 1.29 is 23.5 Å². The van der Waals surface area contributed by atoms with Crippen molar-refractivity contribution in [3.05, 3.63) is 29.3 Å². The maximum absolute atomic E-state index is 11.5. The van der Waals surface area contributed by atoms with E-state index < -0.39 is 22.0 Å². The van der Waals surface area contributed by atoms with Gasteiger partial charge in [-0.25, -0.2) is 8.42 Å². The minimum Gasteiger partial charge on any atom is -0.486 e. The Balaban J connectivity index is 2.30. The standard InChI is InChI=1S/C13H17NO5S/c1-8-3-4-12(10(5-8)9(2)14-16)19-13-7-20(17,18)6-11(13)15/h3-5,11,13,15-16H,6-7H2,1-2H3/b14-9+. The minimum atomic E-state index is -3.27. The summed E-state index contributed by atoms with van der Waals surface area (Å²) in [5, 5.41) is 21.8. The average Bonchev–Trinajstić information content (AvgIpc) is 2.63. The quantitative estimate of drug-likeness (QED) is 0.487. The van der Waals surface area contributed by atoms with Crippen molar-refractivity contribution in [2.45, 2.75) is 26.1 Å². The van der Waals surface area contributed by atoms with Crippen LogP contribution in [0.3, 0.4) is 0 Å². The number of aryl methyl sites for hydroxylation is 1. The van der Waals surface area contributed by atoms with Crippen molar-refractivity contribution in [1.82, 2.24) is 0 Å². The number of sulfone groups is 1. The van der Waals surface area contributed by atoms with Crippen LogP contribution in [0.15, 0.2) is 23.4 Å². The third-order valence-electron chi connectivity index (χ3n) is 3.23. The van der Waals surface area contributed by atoms with Crippen molar-refractivity contribution in [3.63, 3.8) is 0 Å². The summed E-state index contributed by atoms with van der Waals surface area (Å²) in [4.78, 5) is 0. The lowest BCUT2D eigenvalue weighted by atomic mass is 10.1. The fourth-order valence-corrected chi connectivity index (χ4v) is 3.82. The maximum Gasteiger partial charge on any atom is 0.156 e. The van der Waals surface area contributed by atoms with Gasteiger partial charge in [-0.3, -0.25) is 0 Å². The molecule has 2 unspecified atom stereocenters. The molecule has 6 nitrogen and oxygen atoms in total. The highest BCUT2D eigenvalue weighted by molar-refractivity contribution is 7.91. The first-order valence-corrected chi connectivity index (χ1v) is 7.99. The van der Waals surface area contributed by atoms with Gasteiger partial charge in [-0.15, -0.1) is 0 Å². The van der Waals surface area contributed by atoms with Crippen molar-refractivity contribution >= 4 is 15.5 Å². The largest absolute Gasteiger partial charge is 0.486 e. The third-order valence-corrected chi connectivity index (χ3v) is 4.91. The number of aliphatic hydroxyl groups excluding tert-OH is 1. The van der Waals surface area contributed by atoms with E-state index >= 15 is 0 Å². The van der Waals surface area contributed by atoms with E-state index in [1.807, 2.05) is 6.92 Å². The first kappa shape index (κ1) is 14.8. The second-order valence-electron chi connectivity index (χ2n) is 4.99. The molecule has 2 atom stereocenters. The number of oxime groups is 1. The Labute approximate surface area is 117 Å². The Morgan fingerprint density at radius 2 is 2.10 bits per heavy atom. The summed E-state index contributed by atoms with van der Waals surface area (Å²) in [5.41, 5.74) is 1.89. The monoisotopic (exact) mass is 299 g/mol. The van der Waals surface area contributed by atoms with Crippen LogP contribution >= 0.6 is 0 Å². The molecule has 0 bridgehead atoms. The Bertz CT molecular complexity index is 638. The molecule has 0 aromatic heterocycles. The van der Waals surface area contributed by atoms with Gasteiger partial charge in [-0.05, 0) is 26.0 Å². The van der Waals surface area contributed by atoms with E-state index in [-0.39, 0.29) is 11.5 Å². The lowest BCUT2D eigenvalue weighted by molar-refractivity contribution is 0.0736. The van der Waals surface area contributed by atoms with Crippen LogP contribution in [0.5, 0.6) is 5.75 Å². The van der Waals surface area contributed by atoms with Crippen LogP contribution in [0.25, 0.3) is 0 Å². The van der Waals surface area contributed by atoms with Crippen molar-refractivity contribution in [2.75, 3.05) is 11.5 Å². The van der Waals surface area contributed by atoms with Gasteiger partial charge >= 0.3 is 0 Å². The highest BCUT2D eigenvalue weighted by Crippen LogP contribution is 2.25. The zero-order valence-electron chi connectivity index (χ0n) is 11.3. The summed E-state index contributed by atoms with van der Waals surface area (Å²) >= 11 is 0. The summed E-state index contributed by atoms with van der Waals surface area (Å²) in [6.45, 7) is 3.50. The fourth-order valence-electron chi connectivity index (χ4n) is 2.16. The second-order valence-corrected chi connectivity index (χ2v) is 7.14. The Morgan fingerprint density at radius 1 is 1.40 bits per heavy atom. The van der Waals surface area contributed by atoms with Crippen molar-refractivity contribution in [1.29, 1.82) is 0 Å². The second kappa shape index (κ2) is 5.41. The number of nitrogens with zero attached hydrogens (tertiary/aromatic N) is 1. The lowest BCUT2D eigenvalue weighted by Crippen LogP contribution is -2.30. The highest BCUT2D eigenvalue weighted by atomic mass is 32.2. The third kappa shape index (κ3) is 3.10. The SMILES string of the molecule is C/C(=N\O)c1cc(C)ccc1OC1CS(=O)(=O)CC1O. The van der Waals surface area contributed by atoms with Gasteiger partial charge < -0.3 is 15.1 Å². The molecule has 1 aromatic rings. The minimum absolute atomic E-state index is 0.212. The molecule has 0 radical (unpaired) electrons. The zero-order valence-corrected chi connectivity index (χ0v) is 12.1. The molecule has 1 aliphatic rings. The molecule has 1 aliphatic heterocycles. The van der Waals surface area contributed by atoms with Crippen LogP contribution in [0.4, 0.5) is 0 Å². The van der Waals surface area contributed by atoms with E-state index in [9.17, 15) is 13.5 Å². The molecule has 1 saturated heterocycles. The summed E-state index contributed by atoms with van der Waals surface area (Å²) in [7, 11) is -3.27. The summed E-state index contributed by atoms with van der Waals surface area (Å²) in [5.74, 6) is -0.102. The van der Waals surface area contributed by atoms with Crippen LogP contribution in [-0.4, -0.2) is 48.2 Å². The molecule has 0 aliphatic carbocycles. The van der Waals surface area contributed by atoms with Gasteiger partial charge in [0.1, 0.15) is 18.0 Å². The molecule has 0 spiro atoms. The molecule has 7 heteroatoms. The van der Waals surface area contributed by atoms with E-state index in [2.05, 4.69) is 5.16 Å². The van der Waals surface area contributed by atoms with Crippen LogP contribution in [0.1, 0.15) is 18.1 Å². The van der Waals surface area contributed by atoms with Crippen LogP contribution < -0.4 is 4.74 Å². The molecule has 1 aromatic carbocycles.